The first kappa shape index (κ1) is 12.3. The SMILES string of the molecule is O=[N+]([O-])c1ccccc1SCC(O)CCl. The van der Waals surface area contributed by atoms with Crippen molar-refractivity contribution in [3.63, 3.8) is 0 Å². The average Bonchev–Trinajstić information content (AvgIpc) is 2.26. The summed E-state index contributed by atoms with van der Waals surface area (Å²) in [6.45, 7) is 0. The van der Waals surface area contributed by atoms with Gasteiger partial charge in [-0.2, -0.15) is 0 Å². The first-order chi connectivity index (χ1) is 7.15. The molecule has 0 aliphatic heterocycles. The van der Waals surface area contributed by atoms with Gasteiger partial charge in [-0.05, 0) is 6.07 Å². The van der Waals surface area contributed by atoms with Gasteiger partial charge in [0.25, 0.3) is 5.69 Å². The summed E-state index contributed by atoms with van der Waals surface area (Å²) in [7, 11) is 0. The van der Waals surface area contributed by atoms with Gasteiger partial charge in [-0.1, -0.05) is 12.1 Å². The van der Waals surface area contributed by atoms with Crippen LogP contribution in [0.1, 0.15) is 0 Å². The van der Waals surface area contributed by atoms with E-state index in [1.807, 2.05) is 0 Å². The smallest absolute Gasteiger partial charge is 0.282 e. The van der Waals surface area contributed by atoms with E-state index in [0.717, 1.165) is 0 Å². The first-order valence-electron chi connectivity index (χ1n) is 4.25. The molecule has 0 aliphatic rings. The molecule has 82 valence electrons. The number of aliphatic hydroxyl groups excluding tert-OH is 1. The number of halogens is 1. The first-order valence-corrected chi connectivity index (χ1v) is 5.77. The molecule has 0 aromatic heterocycles. The van der Waals surface area contributed by atoms with E-state index in [-0.39, 0.29) is 11.6 Å². The Kier molecular flexibility index (Phi) is 4.87. The Morgan fingerprint density at radius 1 is 1.53 bits per heavy atom. The molecule has 0 saturated carbocycles. The second kappa shape index (κ2) is 5.95. The molecule has 1 N–H and O–H groups in total. The molecule has 0 saturated heterocycles. The van der Waals surface area contributed by atoms with E-state index < -0.39 is 11.0 Å². The zero-order valence-electron chi connectivity index (χ0n) is 7.80. The fourth-order valence-electron chi connectivity index (χ4n) is 0.961. The minimum absolute atomic E-state index is 0.0595. The molecule has 6 heteroatoms. The Bertz CT molecular complexity index is 348. The van der Waals surface area contributed by atoms with Crippen LogP contribution in [0.15, 0.2) is 29.2 Å². The van der Waals surface area contributed by atoms with Gasteiger partial charge < -0.3 is 5.11 Å². The minimum atomic E-state index is -0.642. The molecule has 0 fully saturated rings. The van der Waals surface area contributed by atoms with Crippen LogP contribution in [-0.2, 0) is 0 Å². The lowest BCUT2D eigenvalue weighted by molar-refractivity contribution is -0.387. The number of alkyl halides is 1. The Labute approximate surface area is 96.4 Å². The van der Waals surface area contributed by atoms with Crippen LogP contribution >= 0.6 is 23.4 Å². The van der Waals surface area contributed by atoms with Crippen molar-refractivity contribution < 1.29 is 10.0 Å². The molecule has 0 bridgehead atoms. The van der Waals surface area contributed by atoms with E-state index in [1.165, 1.54) is 17.8 Å². The van der Waals surface area contributed by atoms with E-state index in [0.29, 0.717) is 10.6 Å². The molecule has 1 aromatic carbocycles. The molecule has 4 nitrogen and oxygen atoms in total. The normalized spacial score (nSPS) is 12.4. The van der Waals surface area contributed by atoms with Gasteiger partial charge in [0, 0.05) is 17.7 Å². The largest absolute Gasteiger partial charge is 0.391 e. The zero-order chi connectivity index (χ0) is 11.3. The van der Waals surface area contributed by atoms with E-state index in [4.69, 9.17) is 11.6 Å². The van der Waals surface area contributed by atoms with Crippen LogP contribution in [-0.4, -0.2) is 27.8 Å². The van der Waals surface area contributed by atoms with Crippen LogP contribution in [0.5, 0.6) is 0 Å². The summed E-state index contributed by atoms with van der Waals surface area (Å²) in [4.78, 5) is 10.8. The highest BCUT2D eigenvalue weighted by Crippen LogP contribution is 2.28. The molecule has 0 heterocycles. The molecule has 15 heavy (non-hydrogen) atoms. The molecule has 0 radical (unpaired) electrons. The van der Waals surface area contributed by atoms with Crippen molar-refractivity contribution in [1.82, 2.24) is 0 Å². The molecular formula is C9H10ClNO3S. The number of thioether (sulfide) groups is 1. The summed E-state index contributed by atoms with van der Waals surface area (Å²) in [6.07, 6.45) is -0.642. The molecule has 1 rings (SSSR count). The number of nitrogens with zero attached hydrogens (tertiary/aromatic N) is 1. The monoisotopic (exact) mass is 247 g/mol. The van der Waals surface area contributed by atoms with E-state index >= 15 is 0 Å². The number of nitro groups is 1. The number of hydrogen-bond acceptors (Lipinski definition) is 4. The van der Waals surface area contributed by atoms with Crippen molar-refractivity contribution >= 4 is 29.1 Å². The Morgan fingerprint density at radius 2 is 2.20 bits per heavy atom. The molecular weight excluding hydrogens is 238 g/mol. The summed E-state index contributed by atoms with van der Waals surface area (Å²) < 4.78 is 0. The average molecular weight is 248 g/mol. The highest BCUT2D eigenvalue weighted by Gasteiger charge is 2.13. The number of hydrogen-bond donors (Lipinski definition) is 1. The van der Waals surface area contributed by atoms with Gasteiger partial charge in [-0.3, -0.25) is 10.1 Å². The molecule has 1 aromatic rings. The van der Waals surface area contributed by atoms with E-state index in [1.54, 1.807) is 18.2 Å². The fourth-order valence-corrected chi connectivity index (χ4v) is 2.15. The fraction of sp³-hybridized carbons (Fsp3) is 0.333. The van der Waals surface area contributed by atoms with Gasteiger partial charge in [-0.25, -0.2) is 0 Å². The second-order valence-corrected chi connectivity index (χ2v) is 4.21. The van der Waals surface area contributed by atoms with Crippen LogP contribution in [0.2, 0.25) is 0 Å². The van der Waals surface area contributed by atoms with Gasteiger partial charge in [0.1, 0.15) is 0 Å². The van der Waals surface area contributed by atoms with Gasteiger partial charge in [-0.15, -0.1) is 23.4 Å². The lowest BCUT2D eigenvalue weighted by Gasteiger charge is -2.06. The Hall–Kier alpha value is -0.780. The Balaban J connectivity index is 2.72. The van der Waals surface area contributed by atoms with Gasteiger partial charge in [0.2, 0.25) is 0 Å². The van der Waals surface area contributed by atoms with Crippen molar-refractivity contribution in [3.8, 4) is 0 Å². The lowest BCUT2D eigenvalue weighted by Crippen LogP contribution is -2.11. The van der Waals surface area contributed by atoms with Crippen LogP contribution in [0.3, 0.4) is 0 Å². The number of rotatable bonds is 5. The lowest BCUT2D eigenvalue weighted by atomic mass is 10.3. The summed E-state index contributed by atoms with van der Waals surface area (Å²) in [6, 6.07) is 6.43. The molecule has 0 aliphatic carbocycles. The predicted molar refractivity (Wildman–Crippen MR) is 60.5 cm³/mol. The minimum Gasteiger partial charge on any atom is -0.391 e. The number of benzene rings is 1. The topological polar surface area (TPSA) is 63.4 Å². The number of aliphatic hydroxyl groups is 1. The quantitative estimate of drug-likeness (QED) is 0.375. The summed E-state index contributed by atoms with van der Waals surface area (Å²) in [5, 5.41) is 19.9. The highest BCUT2D eigenvalue weighted by molar-refractivity contribution is 7.99. The molecule has 0 amide bonds. The van der Waals surface area contributed by atoms with E-state index in [9.17, 15) is 15.2 Å². The van der Waals surface area contributed by atoms with Crippen LogP contribution in [0, 0.1) is 10.1 Å². The van der Waals surface area contributed by atoms with Crippen LogP contribution in [0.4, 0.5) is 5.69 Å². The zero-order valence-corrected chi connectivity index (χ0v) is 9.37. The van der Waals surface area contributed by atoms with Crippen molar-refractivity contribution in [2.75, 3.05) is 11.6 Å². The summed E-state index contributed by atoms with van der Waals surface area (Å²) in [5.74, 6) is 0.488. The second-order valence-electron chi connectivity index (χ2n) is 2.84. The van der Waals surface area contributed by atoms with Gasteiger partial charge in [0.05, 0.1) is 15.9 Å². The number of para-hydroxylation sites is 1. The summed E-state index contributed by atoms with van der Waals surface area (Å²) in [5.41, 5.74) is 0.0595. The third-order valence-electron chi connectivity index (χ3n) is 1.67. The van der Waals surface area contributed by atoms with Crippen LogP contribution < -0.4 is 0 Å². The predicted octanol–water partition coefficient (Wildman–Crippen LogP) is 2.29. The third kappa shape index (κ3) is 3.70. The highest BCUT2D eigenvalue weighted by atomic mass is 35.5. The van der Waals surface area contributed by atoms with Crippen molar-refractivity contribution in [2.24, 2.45) is 0 Å². The molecule has 0 spiro atoms. The maximum Gasteiger partial charge on any atom is 0.282 e. The van der Waals surface area contributed by atoms with Crippen molar-refractivity contribution in [2.45, 2.75) is 11.0 Å². The van der Waals surface area contributed by atoms with Crippen molar-refractivity contribution in [1.29, 1.82) is 0 Å². The van der Waals surface area contributed by atoms with Crippen molar-refractivity contribution in [3.05, 3.63) is 34.4 Å². The Morgan fingerprint density at radius 3 is 2.80 bits per heavy atom. The third-order valence-corrected chi connectivity index (χ3v) is 3.24. The standard InChI is InChI=1S/C9H10ClNO3S/c10-5-7(12)6-15-9-4-2-1-3-8(9)11(13)14/h1-4,7,12H,5-6H2. The van der Waals surface area contributed by atoms with Gasteiger partial charge in [0.15, 0.2) is 0 Å². The summed E-state index contributed by atoms with van der Waals surface area (Å²) >= 11 is 6.66. The maximum absolute atomic E-state index is 10.6. The maximum atomic E-state index is 10.6. The van der Waals surface area contributed by atoms with Gasteiger partial charge >= 0.3 is 0 Å². The van der Waals surface area contributed by atoms with Crippen LogP contribution in [0.25, 0.3) is 0 Å². The molecule has 1 unspecified atom stereocenters. The number of nitro benzene ring substituents is 1. The van der Waals surface area contributed by atoms with E-state index in [2.05, 4.69) is 0 Å². The molecule has 1 atom stereocenters.